The quantitative estimate of drug-likeness (QED) is 0.584. The van der Waals surface area contributed by atoms with Crippen LogP contribution in [0.2, 0.25) is 0 Å². The fourth-order valence-electron chi connectivity index (χ4n) is 1.99. The molecule has 1 atom stereocenters. The predicted molar refractivity (Wildman–Crippen MR) is 70.6 cm³/mol. The molecule has 0 bridgehead atoms. The molecular formula is C13H19N5. The van der Waals surface area contributed by atoms with Crippen LogP contribution in [0.15, 0.2) is 36.9 Å². The second-order valence-corrected chi connectivity index (χ2v) is 4.49. The summed E-state index contributed by atoms with van der Waals surface area (Å²) < 4.78 is 1.82. The molecule has 0 aliphatic carbocycles. The van der Waals surface area contributed by atoms with Crippen LogP contribution in [0.25, 0.3) is 0 Å². The van der Waals surface area contributed by atoms with Crippen molar-refractivity contribution in [1.29, 1.82) is 0 Å². The van der Waals surface area contributed by atoms with Crippen molar-refractivity contribution in [2.45, 2.75) is 25.3 Å². The summed E-state index contributed by atoms with van der Waals surface area (Å²) in [7, 11) is 1.93. The van der Waals surface area contributed by atoms with Crippen molar-refractivity contribution < 1.29 is 0 Å². The van der Waals surface area contributed by atoms with E-state index in [2.05, 4.69) is 21.6 Å². The second kappa shape index (κ2) is 6.28. The molecule has 1 unspecified atom stereocenters. The first-order valence-electron chi connectivity index (χ1n) is 6.10. The highest BCUT2D eigenvalue weighted by Gasteiger charge is 2.08. The van der Waals surface area contributed by atoms with Gasteiger partial charge in [-0.25, -0.2) is 0 Å². The summed E-state index contributed by atoms with van der Waals surface area (Å²) in [5.74, 6) is 5.60. The number of aromatic nitrogens is 3. The first-order chi connectivity index (χ1) is 8.78. The lowest BCUT2D eigenvalue weighted by Gasteiger charge is -2.15. The van der Waals surface area contributed by atoms with Gasteiger partial charge in [0, 0.05) is 31.7 Å². The first kappa shape index (κ1) is 12.7. The van der Waals surface area contributed by atoms with Gasteiger partial charge in [0.05, 0.1) is 6.20 Å². The molecule has 5 heteroatoms. The maximum Gasteiger partial charge on any atom is 0.0521 e. The zero-order valence-electron chi connectivity index (χ0n) is 10.6. The number of pyridine rings is 1. The van der Waals surface area contributed by atoms with Crippen LogP contribution in [0.3, 0.4) is 0 Å². The smallest absolute Gasteiger partial charge is 0.0521 e. The summed E-state index contributed by atoms with van der Waals surface area (Å²) in [6.07, 6.45) is 10.5. The van der Waals surface area contributed by atoms with Crippen molar-refractivity contribution in [2.24, 2.45) is 12.9 Å². The van der Waals surface area contributed by atoms with E-state index in [1.807, 2.05) is 36.4 Å². The van der Waals surface area contributed by atoms with Crippen molar-refractivity contribution in [3.63, 3.8) is 0 Å². The van der Waals surface area contributed by atoms with E-state index in [-0.39, 0.29) is 6.04 Å². The Morgan fingerprint density at radius 3 is 2.89 bits per heavy atom. The minimum atomic E-state index is 0.259. The third-order valence-electron chi connectivity index (χ3n) is 2.98. The number of hydrazine groups is 1. The van der Waals surface area contributed by atoms with Gasteiger partial charge < -0.3 is 0 Å². The summed E-state index contributed by atoms with van der Waals surface area (Å²) in [6.45, 7) is 0. The van der Waals surface area contributed by atoms with Crippen molar-refractivity contribution in [1.82, 2.24) is 20.2 Å². The minimum Gasteiger partial charge on any atom is -0.276 e. The van der Waals surface area contributed by atoms with E-state index in [4.69, 9.17) is 5.84 Å². The van der Waals surface area contributed by atoms with Gasteiger partial charge in [0.2, 0.25) is 0 Å². The number of nitrogens with two attached hydrogens (primary N) is 1. The molecule has 0 aliphatic rings. The fourth-order valence-corrected chi connectivity index (χ4v) is 1.99. The molecule has 2 rings (SSSR count). The lowest BCUT2D eigenvalue weighted by atomic mass is 10.0. The molecule has 0 saturated heterocycles. The van der Waals surface area contributed by atoms with E-state index in [9.17, 15) is 0 Å². The molecule has 0 aliphatic heterocycles. The van der Waals surface area contributed by atoms with Gasteiger partial charge in [-0.3, -0.25) is 20.9 Å². The zero-order valence-corrected chi connectivity index (χ0v) is 10.6. The van der Waals surface area contributed by atoms with Crippen molar-refractivity contribution in [3.05, 3.63) is 48.0 Å². The van der Waals surface area contributed by atoms with Crippen LogP contribution in [0, 0.1) is 0 Å². The van der Waals surface area contributed by atoms with E-state index in [0.717, 1.165) is 19.3 Å². The van der Waals surface area contributed by atoms with Gasteiger partial charge >= 0.3 is 0 Å². The van der Waals surface area contributed by atoms with Crippen LogP contribution in [-0.4, -0.2) is 20.8 Å². The Labute approximate surface area is 107 Å². The zero-order chi connectivity index (χ0) is 12.8. The summed E-state index contributed by atoms with van der Waals surface area (Å²) >= 11 is 0. The molecule has 3 N–H and O–H groups in total. The maximum atomic E-state index is 5.60. The van der Waals surface area contributed by atoms with E-state index in [0.29, 0.717) is 0 Å². The molecular weight excluding hydrogens is 226 g/mol. The van der Waals surface area contributed by atoms with Gasteiger partial charge in [-0.1, -0.05) is 6.07 Å². The predicted octanol–water partition coefficient (Wildman–Crippen LogP) is 0.822. The second-order valence-electron chi connectivity index (χ2n) is 4.49. The summed E-state index contributed by atoms with van der Waals surface area (Å²) in [4.78, 5) is 4.11. The largest absolute Gasteiger partial charge is 0.276 e. The van der Waals surface area contributed by atoms with Crippen LogP contribution < -0.4 is 11.3 Å². The topological polar surface area (TPSA) is 68.8 Å². The molecule has 5 nitrogen and oxygen atoms in total. The Morgan fingerprint density at radius 2 is 2.28 bits per heavy atom. The summed E-state index contributed by atoms with van der Waals surface area (Å²) in [6, 6.07) is 4.28. The van der Waals surface area contributed by atoms with Crippen LogP contribution in [0.1, 0.15) is 17.5 Å². The highest BCUT2D eigenvalue weighted by atomic mass is 15.2. The van der Waals surface area contributed by atoms with Crippen molar-refractivity contribution in [2.75, 3.05) is 0 Å². The van der Waals surface area contributed by atoms with Crippen LogP contribution in [-0.2, 0) is 19.9 Å². The standard InChI is InChI=1S/C13H19N5/c1-18-10-12(9-16-18)4-5-13(17-14)7-11-3-2-6-15-8-11/h2-3,6,8-10,13,17H,4-5,7,14H2,1H3. The van der Waals surface area contributed by atoms with Crippen molar-refractivity contribution >= 4 is 0 Å². The Bertz CT molecular complexity index is 465. The molecule has 18 heavy (non-hydrogen) atoms. The Hall–Kier alpha value is -1.72. The van der Waals surface area contributed by atoms with Gasteiger partial charge in [0.25, 0.3) is 0 Å². The molecule has 0 amide bonds. The Balaban J connectivity index is 1.86. The molecule has 2 aromatic rings. The third-order valence-corrected chi connectivity index (χ3v) is 2.98. The van der Waals surface area contributed by atoms with Gasteiger partial charge in [-0.05, 0) is 36.5 Å². The van der Waals surface area contributed by atoms with Crippen LogP contribution >= 0.6 is 0 Å². The van der Waals surface area contributed by atoms with E-state index in [1.54, 1.807) is 6.20 Å². The lowest BCUT2D eigenvalue weighted by molar-refractivity contribution is 0.491. The number of nitrogens with one attached hydrogen (secondary N) is 1. The van der Waals surface area contributed by atoms with E-state index >= 15 is 0 Å². The monoisotopic (exact) mass is 245 g/mol. The van der Waals surface area contributed by atoms with Gasteiger partial charge in [0.15, 0.2) is 0 Å². The normalized spacial score (nSPS) is 12.6. The maximum absolute atomic E-state index is 5.60. The first-order valence-corrected chi connectivity index (χ1v) is 6.10. The average molecular weight is 245 g/mol. The van der Waals surface area contributed by atoms with Crippen LogP contribution in [0.4, 0.5) is 0 Å². The number of rotatable bonds is 6. The van der Waals surface area contributed by atoms with Gasteiger partial charge in [-0.2, -0.15) is 5.10 Å². The highest BCUT2D eigenvalue weighted by molar-refractivity contribution is 5.11. The molecule has 0 saturated carbocycles. The highest BCUT2D eigenvalue weighted by Crippen LogP contribution is 2.08. The third kappa shape index (κ3) is 3.65. The average Bonchev–Trinajstić information content (AvgIpc) is 2.81. The number of hydrogen-bond donors (Lipinski definition) is 2. The molecule has 2 aromatic heterocycles. The van der Waals surface area contributed by atoms with Gasteiger partial charge in [0.1, 0.15) is 0 Å². The number of nitrogens with zero attached hydrogens (tertiary/aromatic N) is 3. The van der Waals surface area contributed by atoms with E-state index < -0.39 is 0 Å². The van der Waals surface area contributed by atoms with Crippen LogP contribution in [0.5, 0.6) is 0 Å². The summed E-state index contributed by atoms with van der Waals surface area (Å²) in [5, 5.41) is 4.16. The van der Waals surface area contributed by atoms with E-state index in [1.165, 1.54) is 11.1 Å². The Kier molecular flexibility index (Phi) is 4.44. The molecule has 0 aromatic carbocycles. The lowest BCUT2D eigenvalue weighted by Crippen LogP contribution is -2.37. The molecule has 96 valence electrons. The Morgan fingerprint density at radius 1 is 1.39 bits per heavy atom. The molecule has 2 heterocycles. The van der Waals surface area contributed by atoms with Gasteiger partial charge in [-0.15, -0.1) is 0 Å². The van der Waals surface area contributed by atoms with Crippen molar-refractivity contribution in [3.8, 4) is 0 Å². The minimum absolute atomic E-state index is 0.259. The number of hydrogen-bond acceptors (Lipinski definition) is 4. The molecule has 0 radical (unpaired) electrons. The summed E-state index contributed by atoms with van der Waals surface area (Å²) in [5.41, 5.74) is 5.31. The number of aryl methyl sites for hydroxylation is 2. The molecule has 0 fully saturated rings. The molecule has 0 spiro atoms. The fraction of sp³-hybridized carbons (Fsp3) is 0.385. The SMILES string of the molecule is Cn1cc(CCC(Cc2cccnc2)NN)cn1.